The summed E-state index contributed by atoms with van der Waals surface area (Å²) in [5.41, 5.74) is 0. The zero-order chi connectivity index (χ0) is 38.7. The first kappa shape index (κ1) is 50.9. The molecule has 0 saturated heterocycles. The van der Waals surface area contributed by atoms with Crippen LogP contribution in [-0.4, -0.2) is 37.2 Å². The SMILES string of the molecule is CCCCCC/C=C\CCCCCCCC(=O)OC(COC(=O)CCCCCCC/C=C\CCCCCCCC)COC(=O)CCCCCCCCC. The minimum absolute atomic E-state index is 0.0755. The summed E-state index contributed by atoms with van der Waals surface area (Å²) in [4.78, 5) is 37.6. The Hall–Kier alpha value is -2.11. The highest BCUT2D eigenvalue weighted by molar-refractivity contribution is 5.71. The van der Waals surface area contributed by atoms with Crippen LogP contribution in [0.15, 0.2) is 24.3 Å². The molecule has 53 heavy (non-hydrogen) atoms. The minimum atomic E-state index is -0.771. The van der Waals surface area contributed by atoms with E-state index >= 15 is 0 Å². The molecule has 310 valence electrons. The van der Waals surface area contributed by atoms with Crippen molar-refractivity contribution in [3.8, 4) is 0 Å². The molecule has 0 aromatic heterocycles. The lowest BCUT2D eigenvalue weighted by Gasteiger charge is -2.18. The van der Waals surface area contributed by atoms with E-state index < -0.39 is 6.10 Å². The smallest absolute Gasteiger partial charge is 0.306 e. The molecule has 0 amide bonds. The Morgan fingerprint density at radius 3 is 0.962 bits per heavy atom. The molecule has 0 heterocycles. The summed E-state index contributed by atoms with van der Waals surface area (Å²) in [5.74, 6) is -0.896. The minimum Gasteiger partial charge on any atom is -0.462 e. The average molecular weight is 747 g/mol. The van der Waals surface area contributed by atoms with Gasteiger partial charge < -0.3 is 14.2 Å². The lowest BCUT2D eigenvalue weighted by Crippen LogP contribution is -2.30. The molecule has 0 aliphatic heterocycles. The first-order valence-corrected chi connectivity index (χ1v) is 22.8. The van der Waals surface area contributed by atoms with Crippen LogP contribution in [0, 0.1) is 0 Å². The summed E-state index contributed by atoms with van der Waals surface area (Å²) < 4.78 is 16.6. The second kappa shape index (κ2) is 42.6. The zero-order valence-corrected chi connectivity index (χ0v) is 35.3. The van der Waals surface area contributed by atoms with Gasteiger partial charge in [0.2, 0.25) is 0 Å². The highest BCUT2D eigenvalue weighted by Gasteiger charge is 2.19. The second-order valence-corrected chi connectivity index (χ2v) is 15.3. The fourth-order valence-corrected chi connectivity index (χ4v) is 6.43. The van der Waals surface area contributed by atoms with Crippen molar-refractivity contribution in [1.29, 1.82) is 0 Å². The van der Waals surface area contributed by atoms with E-state index in [0.29, 0.717) is 19.3 Å². The maximum Gasteiger partial charge on any atom is 0.306 e. The predicted octanol–water partition coefficient (Wildman–Crippen LogP) is 14.4. The number of unbranched alkanes of at least 4 members (excludes halogenated alkanes) is 26. The van der Waals surface area contributed by atoms with Crippen molar-refractivity contribution in [3.05, 3.63) is 24.3 Å². The number of ether oxygens (including phenoxy) is 3. The van der Waals surface area contributed by atoms with Crippen molar-refractivity contribution in [3.63, 3.8) is 0 Å². The maximum absolute atomic E-state index is 12.7. The van der Waals surface area contributed by atoms with E-state index in [4.69, 9.17) is 14.2 Å². The summed E-state index contributed by atoms with van der Waals surface area (Å²) in [7, 11) is 0. The van der Waals surface area contributed by atoms with Crippen LogP contribution in [-0.2, 0) is 28.6 Å². The van der Waals surface area contributed by atoms with Gasteiger partial charge in [0, 0.05) is 19.3 Å². The molecular formula is C47H86O6. The van der Waals surface area contributed by atoms with Crippen molar-refractivity contribution >= 4 is 17.9 Å². The molecule has 0 fully saturated rings. The molecule has 1 unspecified atom stereocenters. The van der Waals surface area contributed by atoms with Gasteiger partial charge in [-0.15, -0.1) is 0 Å². The van der Waals surface area contributed by atoms with Crippen molar-refractivity contribution in [2.45, 2.75) is 245 Å². The maximum atomic E-state index is 12.7. The fourth-order valence-electron chi connectivity index (χ4n) is 6.43. The number of hydrogen-bond donors (Lipinski definition) is 0. The standard InChI is InChI=1S/C47H86O6/c1-4-7-10-13-16-18-20-22-23-25-26-28-31-34-37-40-46(49)52-43-44(42-51-45(48)39-36-33-30-15-12-9-6-3)53-47(50)41-38-35-32-29-27-24-21-19-17-14-11-8-5-2/h19,21-23,44H,4-18,20,24-43H2,1-3H3/b21-19-,23-22-. The lowest BCUT2D eigenvalue weighted by atomic mass is 10.1. The second-order valence-electron chi connectivity index (χ2n) is 15.3. The van der Waals surface area contributed by atoms with E-state index in [2.05, 4.69) is 45.1 Å². The average Bonchev–Trinajstić information content (AvgIpc) is 3.15. The van der Waals surface area contributed by atoms with E-state index in [1.807, 2.05) is 0 Å². The Morgan fingerprint density at radius 2 is 0.623 bits per heavy atom. The van der Waals surface area contributed by atoms with Gasteiger partial charge in [-0.1, -0.05) is 173 Å². The summed E-state index contributed by atoms with van der Waals surface area (Å²) in [5, 5.41) is 0. The molecule has 0 aliphatic carbocycles. The quantitative estimate of drug-likeness (QED) is 0.0268. The van der Waals surface area contributed by atoms with Crippen molar-refractivity contribution in [2.75, 3.05) is 13.2 Å². The van der Waals surface area contributed by atoms with Crippen LogP contribution < -0.4 is 0 Å². The van der Waals surface area contributed by atoms with Gasteiger partial charge in [0.15, 0.2) is 6.10 Å². The number of allylic oxidation sites excluding steroid dienone is 4. The Bertz CT molecular complexity index is 865. The van der Waals surface area contributed by atoms with Gasteiger partial charge in [0.05, 0.1) is 0 Å². The number of hydrogen-bond acceptors (Lipinski definition) is 6. The number of carbonyl (C=O) groups excluding carboxylic acids is 3. The molecule has 0 aromatic carbocycles. The van der Waals surface area contributed by atoms with Gasteiger partial charge in [-0.25, -0.2) is 0 Å². The lowest BCUT2D eigenvalue weighted by molar-refractivity contribution is -0.167. The Morgan fingerprint density at radius 1 is 0.358 bits per heavy atom. The molecule has 0 saturated carbocycles. The van der Waals surface area contributed by atoms with E-state index in [-0.39, 0.29) is 31.1 Å². The molecule has 6 heteroatoms. The molecular weight excluding hydrogens is 661 g/mol. The van der Waals surface area contributed by atoms with Gasteiger partial charge in [-0.05, 0) is 70.6 Å². The van der Waals surface area contributed by atoms with Crippen LogP contribution >= 0.6 is 0 Å². The third kappa shape index (κ3) is 40.9. The molecule has 6 nitrogen and oxygen atoms in total. The largest absolute Gasteiger partial charge is 0.462 e. The number of esters is 3. The first-order chi connectivity index (χ1) is 26.0. The van der Waals surface area contributed by atoms with Crippen LogP contribution in [0.4, 0.5) is 0 Å². The zero-order valence-electron chi connectivity index (χ0n) is 35.3. The topological polar surface area (TPSA) is 78.9 Å². The first-order valence-electron chi connectivity index (χ1n) is 22.8. The van der Waals surface area contributed by atoms with Crippen molar-refractivity contribution in [2.24, 2.45) is 0 Å². The normalized spacial score (nSPS) is 12.1. The monoisotopic (exact) mass is 747 g/mol. The molecule has 0 N–H and O–H groups in total. The molecule has 0 aromatic rings. The van der Waals surface area contributed by atoms with E-state index in [1.54, 1.807) is 0 Å². The molecule has 0 bridgehead atoms. The Labute approximate surface area is 328 Å². The van der Waals surface area contributed by atoms with Crippen LogP contribution in [0.3, 0.4) is 0 Å². The summed E-state index contributed by atoms with van der Waals surface area (Å²) in [6.45, 7) is 6.56. The Balaban J connectivity index is 4.31. The molecule has 0 spiro atoms. The van der Waals surface area contributed by atoms with Crippen molar-refractivity contribution < 1.29 is 28.6 Å². The summed E-state index contributed by atoms with van der Waals surface area (Å²) in [6, 6.07) is 0. The fraction of sp³-hybridized carbons (Fsp3) is 0.851. The summed E-state index contributed by atoms with van der Waals surface area (Å²) in [6.07, 6.45) is 45.9. The third-order valence-electron chi connectivity index (χ3n) is 9.93. The Kier molecular flexibility index (Phi) is 40.9. The van der Waals surface area contributed by atoms with Crippen LogP contribution in [0.5, 0.6) is 0 Å². The summed E-state index contributed by atoms with van der Waals surface area (Å²) >= 11 is 0. The van der Waals surface area contributed by atoms with E-state index in [1.165, 1.54) is 128 Å². The van der Waals surface area contributed by atoms with Crippen LogP contribution in [0.2, 0.25) is 0 Å². The van der Waals surface area contributed by atoms with Gasteiger partial charge in [0.25, 0.3) is 0 Å². The number of rotatable bonds is 41. The van der Waals surface area contributed by atoms with Gasteiger partial charge >= 0.3 is 17.9 Å². The van der Waals surface area contributed by atoms with E-state index in [0.717, 1.165) is 70.6 Å². The predicted molar refractivity (Wildman–Crippen MR) is 224 cm³/mol. The third-order valence-corrected chi connectivity index (χ3v) is 9.93. The van der Waals surface area contributed by atoms with Gasteiger partial charge in [-0.2, -0.15) is 0 Å². The van der Waals surface area contributed by atoms with E-state index in [9.17, 15) is 14.4 Å². The van der Waals surface area contributed by atoms with Gasteiger partial charge in [-0.3, -0.25) is 14.4 Å². The van der Waals surface area contributed by atoms with Crippen LogP contribution in [0.1, 0.15) is 239 Å². The van der Waals surface area contributed by atoms with Crippen molar-refractivity contribution in [1.82, 2.24) is 0 Å². The highest BCUT2D eigenvalue weighted by atomic mass is 16.6. The number of carbonyl (C=O) groups is 3. The molecule has 0 radical (unpaired) electrons. The van der Waals surface area contributed by atoms with Crippen LogP contribution in [0.25, 0.3) is 0 Å². The highest BCUT2D eigenvalue weighted by Crippen LogP contribution is 2.14. The molecule has 0 aliphatic rings. The van der Waals surface area contributed by atoms with Gasteiger partial charge in [0.1, 0.15) is 13.2 Å². The molecule has 0 rings (SSSR count). The molecule has 1 atom stereocenters.